The molecule has 2 aromatic rings. The van der Waals surface area contributed by atoms with E-state index in [2.05, 4.69) is 22.5 Å². The van der Waals surface area contributed by atoms with Crippen molar-refractivity contribution in [2.45, 2.75) is 19.8 Å². The van der Waals surface area contributed by atoms with Crippen LogP contribution in [0.2, 0.25) is 5.02 Å². The predicted octanol–water partition coefficient (Wildman–Crippen LogP) is 4.48. The molecule has 1 heterocycles. The summed E-state index contributed by atoms with van der Waals surface area (Å²) >= 11 is 11.5. The molecular formula is C22H26ClN3O3S. The SMILES string of the molecule is CCCCOc1ccc(C(=O)NC(=S)Nc2cc(Cl)ccc2N2CCOCC2)cc1. The average Bonchev–Trinajstić information content (AvgIpc) is 2.75. The third kappa shape index (κ3) is 6.32. The van der Waals surface area contributed by atoms with Crippen LogP contribution in [0.15, 0.2) is 42.5 Å². The van der Waals surface area contributed by atoms with Gasteiger partial charge in [0.1, 0.15) is 5.75 Å². The summed E-state index contributed by atoms with van der Waals surface area (Å²) in [5.41, 5.74) is 2.21. The minimum absolute atomic E-state index is 0.208. The molecule has 0 atom stereocenters. The molecule has 1 saturated heterocycles. The number of nitrogens with one attached hydrogen (secondary N) is 2. The van der Waals surface area contributed by atoms with Crippen LogP contribution >= 0.6 is 23.8 Å². The Bertz CT molecular complexity index is 870. The molecule has 0 radical (unpaired) electrons. The van der Waals surface area contributed by atoms with Gasteiger partial charge < -0.3 is 19.7 Å². The number of hydrogen-bond donors (Lipinski definition) is 2. The lowest BCUT2D eigenvalue weighted by Crippen LogP contribution is -2.38. The molecule has 160 valence electrons. The largest absolute Gasteiger partial charge is 0.494 e. The number of anilines is 2. The number of unbranched alkanes of at least 4 members (excludes halogenated alkanes) is 1. The minimum atomic E-state index is -0.289. The van der Waals surface area contributed by atoms with Crippen molar-refractivity contribution < 1.29 is 14.3 Å². The second kappa shape index (κ2) is 11.2. The van der Waals surface area contributed by atoms with E-state index in [1.807, 2.05) is 12.1 Å². The van der Waals surface area contributed by atoms with Crippen molar-refractivity contribution in [2.75, 3.05) is 43.1 Å². The van der Waals surface area contributed by atoms with Gasteiger partial charge in [-0.15, -0.1) is 0 Å². The first-order valence-electron chi connectivity index (χ1n) is 10.0. The number of halogens is 1. The second-order valence-electron chi connectivity index (χ2n) is 6.90. The summed E-state index contributed by atoms with van der Waals surface area (Å²) in [6.07, 6.45) is 2.07. The number of nitrogens with zero attached hydrogens (tertiary/aromatic N) is 1. The number of rotatable bonds is 7. The topological polar surface area (TPSA) is 62.8 Å². The van der Waals surface area contributed by atoms with Crippen LogP contribution < -0.4 is 20.3 Å². The molecule has 3 rings (SSSR count). The molecule has 0 spiro atoms. The standard InChI is InChI=1S/C22H26ClN3O3S/c1-2-3-12-29-18-7-4-16(5-8-18)21(27)25-22(30)24-19-15-17(23)6-9-20(19)26-10-13-28-14-11-26/h4-9,15H,2-3,10-14H2,1H3,(H2,24,25,27,30). The first-order chi connectivity index (χ1) is 14.6. The third-order valence-corrected chi connectivity index (χ3v) is 5.11. The number of morpholine rings is 1. The molecule has 30 heavy (non-hydrogen) atoms. The maximum Gasteiger partial charge on any atom is 0.257 e. The van der Waals surface area contributed by atoms with Gasteiger partial charge in [0.05, 0.1) is 31.2 Å². The maximum absolute atomic E-state index is 12.5. The third-order valence-electron chi connectivity index (χ3n) is 4.67. The molecule has 0 aliphatic carbocycles. The summed E-state index contributed by atoms with van der Waals surface area (Å²) in [4.78, 5) is 14.7. The van der Waals surface area contributed by atoms with E-state index in [0.29, 0.717) is 30.4 Å². The Labute approximate surface area is 187 Å². The number of amides is 1. The van der Waals surface area contributed by atoms with Gasteiger partial charge in [0.15, 0.2) is 5.11 Å². The van der Waals surface area contributed by atoms with E-state index in [1.165, 1.54) is 0 Å². The van der Waals surface area contributed by atoms with Gasteiger partial charge in [0, 0.05) is 23.7 Å². The number of thiocarbonyl (C=S) groups is 1. The Morgan fingerprint density at radius 1 is 1.20 bits per heavy atom. The fraction of sp³-hybridized carbons (Fsp3) is 0.364. The van der Waals surface area contributed by atoms with E-state index in [9.17, 15) is 4.79 Å². The molecule has 0 unspecified atom stereocenters. The van der Waals surface area contributed by atoms with Crippen LogP contribution in [0.4, 0.5) is 11.4 Å². The average molecular weight is 448 g/mol. The molecular weight excluding hydrogens is 422 g/mol. The lowest BCUT2D eigenvalue weighted by molar-refractivity contribution is 0.0977. The van der Waals surface area contributed by atoms with Gasteiger partial charge in [-0.2, -0.15) is 0 Å². The van der Waals surface area contributed by atoms with Crippen molar-refractivity contribution in [3.63, 3.8) is 0 Å². The van der Waals surface area contributed by atoms with Gasteiger partial charge in [0.2, 0.25) is 0 Å². The van der Waals surface area contributed by atoms with Crippen molar-refractivity contribution in [2.24, 2.45) is 0 Å². The summed E-state index contributed by atoms with van der Waals surface area (Å²) in [6.45, 7) is 5.68. The molecule has 6 nitrogen and oxygen atoms in total. The second-order valence-corrected chi connectivity index (χ2v) is 7.74. The Morgan fingerprint density at radius 2 is 1.93 bits per heavy atom. The highest BCUT2D eigenvalue weighted by Gasteiger charge is 2.16. The van der Waals surface area contributed by atoms with Crippen LogP contribution in [0, 0.1) is 0 Å². The van der Waals surface area contributed by atoms with E-state index in [0.717, 1.165) is 43.1 Å². The zero-order valence-corrected chi connectivity index (χ0v) is 18.5. The van der Waals surface area contributed by atoms with Gasteiger partial charge in [-0.1, -0.05) is 24.9 Å². The Kier molecular flexibility index (Phi) is 8.30. The number of ether oxygens (including phenoxy) is 2. The van der Waals surface area contributed by atoms with Crippen molar-refractivity contribution >= 4 is 46.2 Å². The molecule has 8 heteroatoms. The molecule has 1 amide bonds. The molecule has 0 aromatic heterocycles. The van der Waals surface area contributed by atoms with Crippen LogP contribution in [0.1, 0.15) is 30.1 Å². The summed E-state index contributed by atoms with van der Waals surface area (Å²) in [5, 5.41) is 6.62. The van der Waals surface area contributed by atoms with Crippen molar-refractivity contribution in [3.05, 3.63) is 53.1 Å². The molecule has 1 aliphatic heterocycles. The normalized spacial score (nSPS) is 13.6. The van der Waals surface area contributed by atoms with Crippen LogP contribution in [-0.4, -0.2) is 43.9 Å². The molecule has 0 bridgehead atoms. The van der Waals surface area contributed by atoms with E-state index in [1.54, 1.807) is 30.3 Å². The summed E-state index contributed by atoms with van der Waals surface area (Å²) in [7, 11) is 0. The highest BCUT2D eigenvalue weighted by Crippen LogP contribution is 2.29. The smallest absolute Gasteiger partial charge is 0.257 e. The highest BCUT2D eigenvalue weighted by molar-refractivity contribution is 7.80. The van der Waals surface area contributed by atoms with Gasteiger partial charge >= 0.3 is 0 Å². The number of benzene rings is 2. The summed E-state index contributed by atoms with van der Waals surface area (Å²) in [5.74, 6) is 0.456. The highest BCUT2D eigenvalue weighted by atomic mass is 35.5. The molecule has 2 aromatic carbocycles. The zero-order chi connectivity index (χ0) is 21.3. The van der Waals surface area contributed by atoms with Gasteiger partial charge in [-0.05, 0) is 61.1 Å². The van der Waals surface area contributed by atoms with Crippen LogP contribution in [0.3, 0.4) is 0 Å². The Balaban J connectivity index is 1.61. The van der Waals surface area contributed by atoms with E-state index < -0.39 is 0 Å². The van der Waals surface area contributed by atoms with Gasteiger partial charge in [0.25, 0.3) is 5.91 Å². The first kappa shape index (κ1) is 22.3. The van der Waals surface area contributed by atoms with E-state index >= 15 is 0 Å². The van der Waals surface area contributed by atoms with Crippen LogP contribution in [0.25, 0.3) is 0 Å². The summed E-state index contributed by atoms with van der Waals surface area (Å²) < 4.78 is 11.1. The number of carbonyl (C=O) groups is 1. The number of carbonyl (C=O) groups excluding carboxylic acids is 1. The molecule has 1 aliphatic rings. The zero-order valence-electron chi connectivity index (χ0n) is 16.9. The molecule has 0 saturated carbocycles. The number of hydrogen-bond acceptors (Lipinski definition) is 5. The maximum atomic E-state index is 12.5. The predicted molar refractivity (Wildman–Crippen MR) is 125 cm³/mol. The quantitative estimate of drug-likeness (QED) is 0.482. The van der Waals surface area contributed by atoms with Crippen LogP contribution in [-0.2, 0) is 4.74 Å². The lowest BCUT2D eigenvalue weighted by Gasteiger charge is -2.30. The van der Waals surface area contributed by atoms with Gasteiger partial charge in [-0.3, -0.25) is 10.1 Å². The fourth-order valence-electron chi connectivity index (χ4n) is 3.05. The monoisotopic (exact) mass is 447 g/mol. The van der Waals surface area contributed by atoms with Crippen molar-refractivity contribution in [1.29, 1.82) is 0 Å². The van der Waals surface area contributed by atoms with E-state index in [4.69, 9.17) is 33.3 Å². The van der Waals surface area contributed by atoms with E-state index in [-0.39, 0.29) is 11.0 Å². The summed E-state index contributed by atoms with van der Waals surface area (Å²) in [6, 6.07) is 12.6. The lowest BCUT2D eigenvalue weighted by atomic mass is 10.2. The fourth-order valence-corrected chi connectivity index (χ4v) is 3.43. The van der Waals surface area contributed by atoms with Crippen molar-refractivity contribution in [1.82, 2.24) is 5.32 Å². The van der Waals surface area contributed by atoms with Crippen LogP contribution in [0.5, 0.6) is 5.75 Å². The van der Waals surface area contributed by atoms with Crippen molar-refractivity contribution in [3.8, 4) is 5.75 Å². The molecule has 2 N–H and O–H groups in total. The van der Waals surface area contributed by atoms with Gasteiger partial charge in [-0.25, -0.2) is 0 Å². The molecule has 1 fully saturated rings. The Hall–Kier alpha value is -2.35. The Morgan fingerprint density at radius 3 is 2.63 bits per heavy atom. The first-order valence-corrected chi connectivity index (χ1v) is 10.8. The minimum Gasteiger partial charge on any atom is -0.494 e.